The molecule has 1 saturated heterocycles. The van der Waals surface area contributed by atoms with Crippen LogP contribution in [0.4, 0.5) is 9.18 Å². The third kappa shape index (κ3) is 3.96. The summed E-state index contributed by atoms with van der Waals surface area (Å²) in [6.45, 7) is 0.165. The van der Waals surface area contributed by atoms with Crippen molar-refractivity contribution in [3.05, 3.63) is 71.3 Å². The van der Waals surface area contributed by atoms with E-state index in [0.717, 1.165) is 11.1 Å². The molecule has 0 bridgehead atoms. The van der Waals surface area contributed by atoms with Crippen molar-refractivity contribution in [2.24, 2.45) is 0 Å². The topological polar surface area (TPSA) is 66.8 Å². The number of aromatic carboxylic acids is 1. The number of hydrogen-bond acceptors (Lipinski definition) is 3. The third-order valence-corrected chi connectivity index (χ3v) is 4.27. The number of carboxylic acids is 1. The lowest BCUT2D eigenvalue weighted by Crippen LogP contribution is -2.61. The lowest BCUT2D eigenvalue weighted by molar-refractivity contribution is -0.0132. The number of ether oxygens (including phenoxy) is 1. The average molecular weight is 343 g/mol. The van der Waals surface area contributed by atoms with Gasteiger partial charge < -0.3 is 9.84 Å². The molecule has 6 heteroatoms. The summed E-state index contributed by atoms with van der Waals surface area (Å²) >= 11 is 0. The van der Waals surface area contributed by atoms with Crippen molar-refractivity contribution in [1.29, 1.82) is 0 Å². The molecule has 1 N–H and O–H groups in total. The Kier molecular flexibility index (Phi) is 4.97. The number of nitrogens with zero attached hydrogens (tertiary/aromatic N) is 1. The van der Waals surface area contributed by atoms with Crippen molar-refractivity contribution in [3.63, 3.8) is 0 Å². The van der Waals surface area contributed by atoms with Gasteiger partial charge in [0.1, 0.15) is 12.8 Å². The molecule has 25 heavy (non-hydrogen) atoms. The number of alkyl halides is 1. The van der Waals surface area contributed by atoms with E-state index in [1.807, 2.05) is 30.3 Å². The van der Waals surface area contributed by atoms with E-state index in [1.165, 1.54) is 17.0 Å². The van der Waals surface area contributed by atoms with E-state index in [4.69, 9.17) is 9.84 Å². The van der Waals surface area contributed by atoms with Crippen LogP contribution in [-0.2, 0) is 17.8 Å². The Morgan fingerprint density at radius 3 is 2.36 bits per heavy atom. The minimum absolute atomic E-state index is 0.0193. The smallest absolute Gasteiger partial charge is 0.410 e. The van der Waals surface area contributed by atoms with E-state index in [9.17, 15) is 14.0 Å². The molecule has 0 radical (unpaired) electrons. The summed E-state index contributed by atoms with van der Waals surface area (Å²) in [6.07, 6.45) is -1.32. The van der Waals surface area contributed by atoms with Gasteiger partial charge in [-0.15, -0.1) is 0 Å². The summed E-state index contributed by atoms with van der Waals surface area (Å²) in [7, 11) is 0. The van der Waals surface area contributed by atoms with E-state index < -0.39 is 24.3 Å². The molecule has 0 aliphatic carbocycles. The van der Waals surface area contributed by atoms with Crippen LogP contribution < -0.4 is 0 Å². The zero-order chi connectivity index (χ0) is 17.8. The maximum Gasteiger partial charge on any atom is 0.410 e. The minimum Gasteiger partial charge on any atom is -0.478 e. The van der Waals surface area contributed by atoms with Gasteiger partial charge in [0.15, 0.2) is 0 Å². The van der Waals surface area contributed by atoms with E-state index >= 15 is 0 Å². The Labute approximate surface area is 144 Å². The summed E-state index contributed by atoms with van der Waals surface area (Å²) in [5.41, 5.74) is 1.82. The normalized spacial score (nSPS) is 19.2. The predicted octanol–water partition coefficient (Wildman–Crippen LogP) is 3.29. The Balaban J connectivity index is 1.57. The van der Waals surface area contributed by atoms with Gasteiger partial charge in [0.25, 0.3) is 0 Å². The van der Waals surface area contributed by atoms with Crippen LogP contribution >= 0.6 is 0 Å². The highest BCUT2D eigenvalue weighted by Gasteiger charge is 2.43. The molecule has 0 saturated carbocycles. The second kappa shape index (κ2) is 7.34. The van der Waals surface area contributed by atoms with Crippen molar-refractivity contribution < 1.29 is 23.8 Å². The largest absolute Gasteiger partial charge is 0.478 e. The molecule has 1 aliphatic heterocycles. The molecule has 1 heterocycles. The van der Waals surface area contributed by atoms with Crippen molar-refractivity contribution >= 4 is 12.1 Å². The highest BCUT2D eigenvalue weighted by atomic mass is 19.1. The van der Waals surface area contributed by atoms with Crippen LogP contribution in [0, 0.1) is 0 Å². The lowest BCUT2D eigenvalue weighted by atomic mass is 9.93. The molecule has 2 aromatic carbocycles. The maximum atomic E-state index is 13.9. The second-order valence-electron chi connectivity index (χ2n) is 5.98. The number of amides is 1. The highest BCUT2D eigenvalue weighted by Crippen LogP contribution is 2.26. The fourth-order valence-corrected chi connectivity index (χ4v) is 2.78. The number of carbonyl (C=O) groups is 2. The molecule has 1 fully saturated rings. The molecule has 3 rings (SSSR count). The van der Waals surface area contributed by atoms with Crippen molar-refractivity contribution in [2.45, 2.75) is 25.2 Å². The summed E-state index contributed by atoms with van der Waals surface area (Å²) < 4.78 is 19.1. The highest BCUT2D eigenvalue weighted by molar-refractivity contribution is 5.87. The fourth-order valence-electron chi connectivity index (χ4n) is 2.78. The zero-order valence-electron chi connectivity index (χ0n) is 13.5. The van der Waals surface area contributed by atoms with Crippen LogP contribution in [0.2, 0.25) is 0 Å². The number of carbonyl (C=O) groups excluding carboxylic acids is 1. The molecular formula is C19H18FNO4. The van der Waals surface area contributed by atoms with E-state index in [2.05, 4.69) is 0 Å². The van der Waals surface area contributed by atoms with Crippen LogP contribution in [0.3, 0.4) is 0 Å². The lowest BCUT2D eigenvalue weighted by Gasteiger charge is -2.43. The minimum atomic E-state index is -1.11. The number of likely N-dealkylation sites (tertiary alicyclic amines) is 1. The van der Waals surface area contributed by atoms with Gasteiger partial charge in [0.2, 0.25) is 0 Å². The molecule has 0 aromatic heterocycles. The SMILES string of the molecule is O=C(O)c1ccc(C[C@H]2[C@@H](F)CN2C(=O)OCc2ccccc2)cc1. The number of benzene rings is 2. The standard InChI is InChI=1S/C19H18FNO4/c20-16-11-21(19(24)25-12-14-4-2-1-3-5-14)17(16)10-13-6-8-15(9-7-13)18(22)23/h1-9,16-17H,10-12H2,(H,22,23)/t16-,17-/m0/s1. The molecular weight excluding hydrogens is 325 g/mol. The summed E-state index contributed by atoms with van der Waals surface area (Å²) in [6, 6.07) is 14.9. The zero-order valence-corrected chi connectivity index (χ0v) is 13.5. The Morgan fingerprint density at radius 2 is 1.76 bits per heavy atom. The van der Waals surface area contributed by atoms with E-state index in [-0.39, 0.29) is 18.7 Å². The van der Waals surface area contributed by atoms with Crippen molar-refractivity contribution in [1.82, 2.24) is 4.90 Å². The van der Waals surface area contributed by atoms with Gasteiger partial charge in [0, 0.05) is 0 Å². The second-order valence-corrected chi connectivity index (χ2v) is 5.98. The van der Waals surface area contributed by atoms with Crippen LogP contribution in [0.5, 0.6) is 0 Å². The molecule has 0 unspecified atom stereocenters. The first kappa shape index (κ1) is 17.0. The molecule has 1 aliphatic rings. The van der Waals surface area contributed by atoms with Gasteiger partial charge in [-0.3, -0.25) is 4.90 Å². The first-order valence-electron chi connectivity index (χ1n) is 7.98. The molecule has 130 valence electrons. The molecule has 2 aromatic rings. The third-order valence-electron chi connectivity index (χ3n) is 4.27. The average Bonchev–Trinajstić information content (AvgIpc) is 2.63. The Bertz CT molecular complexity index is 748. The van der Waals surface area contributed by atoms with Gasteiger partial charge in [0.05, 0.1) is 18.2 Å². The number of rotatable bonds is 5. The van der Waals surface area contributed by atoms with Crippen molar-refractivity contribution in [3.8, 4) is 0 Å². The number of halogens is 1. The first-order valence-corrected chi connectivity index (χ1v) is 7.98. The predicted molar refractivity (Wildman–Crippen MR) is 89.1 cm³/mol. The molecule has 2 atom stereocenters. The number of carboxylic acid groups (broad SMARTS) is 1. The summed E-state index contributed by atoms with van der Waals surface area (Å²) in [5, 5.41) is 8.90. The molecule has 0 spiro atoms. The summed E-state index contributed by atoms with van der Waals surface area (Å²) in [5.74, 6) is -1.01. The van der Waals surface area contributed by atoms with Gasteiger partial charge in [-0.05, 0) is 29.7 Å². The van der Waals surface area contributed by atoms with Gasteiger partial charge in [-0.2, -0.15) is 0 Å². The quantitative estimate of drug-likeness (QED) is 0.905. The maximum absolute atomic E-state index is 13.9. The van der Waals surface area contributed by atoms with E-state index in [1.54, 1.807) is 12.1 Å². The van der Waals surface area contributed by atoms with Gasteiger partial charge in [-0.1, -0.05) is 42.5 Å². The van der Waals surface area contributed by atoms with Crippen LogP contribution in [-0.4, -0.2) is 40.8 Å². The van der Waals surface area contributed by atoms with Gasteiger partial charge in [-0.25, -0.2) is 14.0 Å². The molecule has 1 amide bonds. The monoisotopic (exact) mass is 343 g/mol. The molecule has 5 nitrogen and oxygen atoms in total. The first-order chi connectivity index (χ1) is 12.0. The number of hydrogen-bond donors (Lipinski definition) is 1. The summed E-state index contributed by atoms with van der Waals surface area (Å²) in [4.78, 5) is 24.4. The van der Waals surface area contributed by atoms with Gasteiger partial charge >= 0.3 is 12.1 Å². The van der Waals surface area contributed by atoms with E-state index in [0.29, 0.717) is 6.42 Å². The van der Waals surface area contributed by atoms with Crippen LogP contribution in [0.1, 0.15) is 21.5 Å². The Morgan fingerprint density at radius 1 is 1.08 bits per heavy atom. The van der Waals surface area contributed by atoms with Crippen LogP contribution in [0.25, 0.3) is 0 Å². The fraction of sp³-hybridized carbons (Fsp3) is 0.263. The van der Waals surface area contributed by atoms with Crippen molar-refractivity contribution in [2.75, 3.05) is 6.54 Å². The van der Waals surface area contributed by atoms with Crippen LogP contribution in [0.15, 0.2) is 54.6 Å². The Hall–Kier alpha value is -2.89.